The smallest absolute Gasteiger partial charge is 0.243 e. The van der Waals surface area contributed by atoms with Gasteiger partial charge in [0.05, 0.1) is 17.5 Å². The number of sulfonamides is 1. The molecule has 0 radical (unpaired) electrons. The van der Waals surface area contributed by atoms with Crippen molar-refractivity contribution in [3.63, 3.8) is 0 Å². The molecule has 3 rings (SSSR count). The van der Waals surface area contributed by atoms with Crippen LogP contribution in [0.5, 0.6) is 0 Å². The van der Waals surface area contributed by atoms with E-state index < -0.39 is 28.3 Å². The van der Waals surface area contributed by atoms with E-state index in [0.717, 1.165) is 14.3 Å². The summed E-state index contributed by atoms with van der Waals surface area (Å²) in [6.07, 6.45) is 0. The van der Waals surface area contributed by atoms with Gasteiger partial charge in [-0.1, -0.05) is 51.8 Å². The van der Waals surface area contributed by atoms with Crippen molar-refractivity contribution in [1.29, 1.82) is 0 Å². The molecule has 0 saturated heterocycles. The molecule has 0 heterocycles. The standard InChI is InChI=1S/C23H21BrClFN2O3S/c1-16(18-3-2-4-19(24)13-18)27-23(29)15-28(14-17-5-9-21(26)10-6-17)32(30,31)22-11-7-20(25)8-12-22/h2-13,16H,14-15H2,1H3,(H,27,29)/t16-/m0/s1. The van der Waals surface area contributed by atoms with Crippen LogP contribution in [0.25, 0.3) is 0 Å². The molecule has 0 bridgehead atoms. The van der Waals surface area contributed by atoms with Gasteiger partial charge in [0.2, 0.25) is 15.9 Å². The van der Waals surface area contributed by atoms with Crippen LogP contribution in [0.3, 0.4) is 0 Å². The average Bonchev–Trinajstić information content (AvgIpc) is 2.75. The van der Waals surface area contributed by atoms with Crippen molar-refractivity contribution >= 4 is 43.5 Å². The molecule has 0 aliphatic carbocycles. The van der Waals surface area contributed by atoms with Crippen molar-refractivity contribution in [1.82, 2.24) is 9.62 Å². The first kappa shape index (κ1) is 24.4. The van der Waals surface area contributed by atoms with E-state index >= 15 is 0 Å². The van der Waals surface area contributed by atoms with Gasteiger partial charge < -0.3 is 5.32 Å². The zero-order valence-electron chi connectivity index (χ0n) is 17.1. The Kier molecular flexibility index (Phi) is 8.05. The molecule has 0 spiro atoms. The van der Waals surface area contributed by atoms with Gasteiger partial charge in [-0.3, -0.25) is 4.79 Å². The van der Waals surface area contributed by atoms with Gasteiger partial charge in [0.25, 0.3) is 0 Å². The van der Waals surface area contributed by atoms with E-state index in [9.17, 15) is 17.6 Å². The van der Waals surface area contributed by atoms with Gasteiger partial charge in [0, 0.05) is 16.0 Å². The van der Waals surface area contributed by atoms with Gasteiger partial charge in [-0.25, -0.2) is 12.8 Å². The number of rotatable bonds is 8. The zero-order chi connectivity index (χ0) is 23.3. The number of nitrogens with zero attached hydrogens (tertiary/aromatic N) is 1. The summed E-state index contributed by atoms with van der Waals surface area (Å²) in [6, 6.07) is 18.3. The van der Waals surface area contributed by atoms with Crippen molar-refractivity contribution in [3.8, 4) is 0 Å². The van der Waals surface area contributed by atoms with E-state index in [0.29, 0.717) is 10.6 Å². The Labute approximate surface area is 200 Å². The predicted octanol–water partition coefficient (Wildman–Crippen LogP) is 5.31. The molecule has 0 unspecified atom stereocenters. The van der Waals surface area contributed by atoms with E-state index in [1.165, 1.54) is 48.5 Å². The molecule has 168 valence electrons. The third-order valence-electron chi connectivity index (χ3n) is 4.77. The van der Waals surface area contributed by atoms with Gasteiger partial charge in [-0.2, -0.15) is 4.31 Å². The number of hydrogen-bond donors (Lipinski definition) is 1. The normalized spacial score (nSPS) is 12.5. The largest absolute Gasteiger partial charge is 0.348 e. The molecule has 0 fully saturated rings. The molecule has 1 atom stereocenters. The fourth-order valence-electron chi connectivity index (χ4n) is 3.08. The summed E-state index contributed by atoms with van der Waals surface area (Å²) in [5, 5.41) is 3.23. The first-order chi connectivity index (χ1) is 15.1. The molecule has 1 amide bonds. The fourth-order valence-corrected chi connectivity index (χ4v) is 5.01. The lowest BCUT2D eigenvalue weighted by Crippen LogP contribution is -2.41. The minimum absolute atomic E-state index is 0.0110. The number of carbonyl (C=O) groups excluding carboxylic acids is 1. The maximum atomic E-state index is 13.3. The molecular formula is C23H21BrClFN2O3S. The van der Waals surface area contributed by atoms with Crippen LogP contribution in [0.2, 0.25) is 5.02 Å². The Morgan fingerprint density at radius 1 is 1.09 bits per heavy atom. The SMILES string of the molecule is C[C@H](NC(=O)CN(Cc1ccc(F)cc1)S(=O)(=O)c1ccc(Cl)cc1)c1cccc(Br)c1. The number of hydrogen-bond acceptors (Lipinski definition) is 3. The molecule has 5 nitrogen and oxygen atoms in total. The van der Waals surface area contributed by atoms with Gasteiger partial charge >= 0.3 is 0 Å². The van der Waals surface area contributed by atoms with Crippen LogP contribution in [0.4, 0.5) is 4.39 Å². The van der Waals surface area contributed by atoms with Crippen molar-refractivity contribution in [3.05, 3.63) is 99.2 Å². The quantitative estimate of drug-likeness (QED) is 0.422. The third-order valence-corrected chi connectivity index (χ3v) is 7.32. The monoisotopic (exact) mass is 538 g/mol. The van der Waals surface area contributed by atoms with Crippen LogP contribution in [0, 0.1) is 5.82 Å². The first-order valence-electron chi connectivity index (χ1n) is 9.70. The summed E-state index contributed by atoms with van der Waals surface area (Å²) in [6.45, 7) is 1.32. The zero-order valence-corrected chi connectivity index (χ0v) is 20.3. The second-order valence-corrected chi connectivity index (χ2v) is 10.5. The number of amides is 1. The summed E-state index contributed by atoms with van der Waals surface area (Å²) >= 11 is 9.29. The van der Waals surface area contributed by atoms with Crippen LogP contribution >= 0.6 is 27.5 Å². The highest BCUT2D eigenvalue weighted by molar-refractivity contribution is 9.10. The van der Waals surface area contributed by atoms with Crippen LogP contribution in [0.15, 0.2) is 82.2 Å². The first-order valence-corrected chi connectivity index (χ1v) is 12.3. The van der Waals surface area contributed by atoms with Crippen LogP contribution < -0.4 is 5.32 Å². The Hall–Kier alpha value is -2.26. The molecule has 3 aromatic rings. The number of carbonyl (C=O) groups is 1. The van der Waals surface area contributed by atoms with Gasteiger partial charge in [-0.05, 0) is 66.6 Å². The summed E-state index contributed by atoms with van der Waals surface area (Å²) in [5.74, 6) is -0.890. The van der Waals surface area contributed by atoms with Gasteiger partial charge in [-0.15, -0.1) is 0 Å². The maximum Gasteiger partial charge on any atom is 0.243 e. The lowest BCUT2D eigenvalue weighted by atomic mass is 10.1. The second kappa shape index (κ2) is 10.6. The van der Waals surface area contributed by atoms with Crippen molar-refractivity contribution in [2.24, 2.45) is 0 Å². The molecule has 9 heteroatoms. The molecule has 0 aliphatic heterocycles. The molecule has 0 saturated carbocycles. The van der Waals surface area contributed by atoms with E-state index in [4.69, 9.17) is 11.6 Å². The van der Waals surface area contributed by atoms with Gasteiger partial charge in [0.15, 0.2) is 0 Å². The summed E-state index contributed by atoms with van der Waals surface area (Å²) < 4.78 is 41.8. The Balaban J connectivity index is 1.83. The second-order valence-electron chi connectivity index (χ2n) is 7.20. The maximum absolute atomic E-state index is 13.3. The molecule has 3 aromatic carbocycles. The lowest BCUT2D eigenvalue weighted by molar-refractivity contribution is -0.122. The molecule has 1 N–H and O–H groups in total. The van der Waals surface area contributed by atoms with E-state index in [-0.39, 0.29) is 17.5 Å². The Bertz CT molecular complexity index is 1190. The minimum Gasteiger partial charge on any atom is -0.348 e. The Morgan fingerprint density at radius 2 is 1.75 bits per heavy atom. The topological polar surface area (TPSA) is 66.5 Å². The highest BCUT2D eigenvalue weighted by Crippen LogP contribution is 2.22. The molecule has 0 aromatic heterocycles. The summed E-state index contributed by atoms with van der Waals surface area (Å²) in [7, 11) is -4.02. The van der Waals surface area contributed by atoms with Crippen LogP contribution in [-0.2, 0) is 21.4 Å². The van der Waals surface area contributed by atoms with E-state index in [1.54, 1.807) is 0 Å². The van der Waals surface area contributed by atoms with Crippen LogP contribution in [-0.4, -0.2) is 25.2 Å². The molecule has 32 heavy (non-hydrogen) atoms. The summed E-state index contributed by atoms with van der Waals surface area (Å²) in [4.78, 5) is 12.8. The van der Waals surface area contributed by atoms with Crippen LogP contribution in [0.1, 0.15) is 24.1 Å². The highest BCUT2D eigenvalue weighted by atomic mass is 79.9. The van der Waals surface area contributed by atoms with Crippen molar-refractivity contribution in [2.45, 2.75) is 24.4 Å². The molecule has 0 aliphatic rings. The van der Waals surface area contributed by atoms with Crippen molar-refractivity contribution in [2.75, 3.05) is 6.54 Å². The highest BCUT2D eigenvalue weighted by Gasteiger charge is 2.27. The average molecular weight is 540 g/mol. The fraction of sp³-hybridized carbons (Fsp3) is 0.174. The minimum atomic E-state index is -4.02. The van der Waals surface area contributed by atoms with E-state index in [1.807, 2.05) is 31.2 Å². The van der Waals surface area contributed by atoms with E-state index in [2.05, 4.69) is 21.2 Å². The molecular weight excluding hydrogens is 519 g/mol. The lowest BCUT2D eigenvalue weighted by Gasteiger charge is -2.23. The van der Waals surface area contributed by atoms with Crippen molar-refractivity contribution < 1.29 is 17.6 Å². The van der Waals surface area contributed by atoms with Gasteiger partial charge in [0.1, 0.15) is 5.82 Å². The third kappa shape index (κ3) is 6.38. The number of nitrogens with one attached hydrogen (secondary N) is 1. The number of benzene rings is 3. The number of halogens is 3. The predicted molar refractivity (Wildman–Crippen MR) is 126 cm³/mol. The Morgan fingerprint density at radius 3 is 2.38 bits per heavy atom. The summed E-state index contributed by atoms with van der Waals surface area (Å²) in [5.41, 5.74) is 1.43.